The maximum atomic E-state index is 11.5. The molecule has 0 N–H and O–H groups in total. The van der Waals surface area contributed by atoms with Gasteiger partial charge in [0.1, 0.15) is 0 Å². The highest BCUT2D eigenvalue weighted by molar-refractivity contribution is 6.30. The van der Waals surface area contributed by atoms with Crippen molar-refractivity contribution >= 4 is 35.4 Å². The van der Waals surface area contributed by atoms with Crippen LogP contribution in [0.3, 0.4) is 0 Å². The average molecular weight is 295 g/mol. The van der Waals surface area contributed by atoms with Crippen LogP contribution in [0.4, 0.5) is 0 Å². The third kappa shape index (κ3) is 3.94. The first-order chi connectivity index (χ1) is 9.19. The Kier molecular flexibility index (Phi) is 4.77. The van der Waals surface area contributed by atoms with Gasteiger partial charge in [-0.15, -0.1) is 11.6 Å². The predicted octanol–water partition coefficient (Wildman–Crippen LogP) is 3.31. The summed E-state index contributed by atoms with van der Waals surface area (Å²) in [4.78, 5) is 11.5. The van der Waals surface area contributed by atoms with E-state index in [1.54, 1.807) is 6.07 Å². The van der Waals surface area contributed by atoms with Gasteiger partial charge in [-0.2, -0.15) is 5.10 Å². The minimum absolute atomic E-state index is 0.149. The lowest BCUT2D eigenvalue weighted by atomic mass is 10.2. The first-order valence-corrected chi connectivity index (χ1v) is 6.68. The molecule has 0 spiro atoms. The highest BCUT2D eigenvalue weighted by Gasteiger charge is 1.97. The van der Waals surface area contributed by atoms with E-state index in [4.69, 9.17) is 23.2 Å². The Morgan fingerprint density at radius 2 is 1.84 bits per heavy atom. The van der Waals surface area contributed by atoms with Gasteiger partial charge in [-0.25, -0.2) is 4.68 Å². The number of aromatic nitrogens is 2. The van der Waals surface area contributed by atoms with E-state index in [9.17, 15) is 4.79 Å². The molecule has 1 heterocycles. The molecule has 0 unspecified atom stereocenters. The van der Waals surface area contributed by atoms with Gasteiger partial charge in [0.2, 0.25) is 0 Å². The first-order valence-electron chi connectivity index (χ1n) is 5.77. The van der Waals surface area contributed by atoms with Crippen molar-refractivity contribution in [2.45, 2.75) is 6.54 Å². The van der Waals surface area contributed by atoms with Gasteiger partial charge in [-0.3, -0.25) is 4.79 Å². The summed E-state index contributed by atoms with van der Waals surface area (Å²) in [6, 6.07) is 10.6. The highest BCUT2D eigenvalue weighted by Crippen LogP contribution is 2.11. The summed E-state index contributed by atoms with van der Waals surface area (Å²) in [7, 11) is 0. The van der Waals surface area contributed by atoms with E-state index in [1.807, 2.05) is 36.4 Å². The first kappa shape index (κ1) is 13.8. The largest absolute Gasteiger partial charge is 0.268 e. The maximum absolute atomic E-state index is 11.5. The SMILES string of the molecule is O=c1ccc(C=Cc2ccc(Cl)cc2)nn1CCCl. The van der Waals surface area contributed by atoms with E-state index in [0.717, 1.165) is 5.56 Å². The van der Waals surface area contributed by atoms with Gasteiger partial charge in [0.25, 0.3) is 5.56 Å². The number of nitrogens with zero attached hydrogens (tertiary/aromatic N) is 2. The Hall–Kier alpha value is -1.58. The van der Waals surface area contributed by atoms with Gasteiger partial charge in [-0.05, 0) is 29.8 Å². The molecule has 1 aromatic carbocycles. The van der Waals surface area contributed by atoms with E-state index >= 15 is 0 Å². The van der Waals surface area contributed by atoms with Crippen LogP contribution in [0, 0.1) is 0 Å². The van der Waals surface area contributed by atoms with Crippen molar-refractivity contribution < 1.29 is 0 Å². The van der Waals surface area contributed by atoms with Crippen LogP contribution < -0.4 is 5.56 Å². The second-order valence-corrected chi connectivity index (χ2v) is 4.71. The minimum atomic E-state index is -0.149. The Bertz CT molecular complexity index is 633. The highest BCUT2D eigenvalue weighted by atomic mass is 35.5. The predicted molar refractivity (Wildman–Crippen MR) is 79.6 cm³/mol. The fraction of sp³-hybridized carbons (Fsp3) is 0.143. The van der Waals surface area contributed by atoms with E-state index < -0.39 is 0 Å². The number of halogens is 2. The zero-order chi connectivity index (χ0) is 13.7. The normalized spacial score (nSPS) is 11.1. The molecular formula is C14H12Cl2N2O. The van der Waals surface area contributed by atoms with Crippen LogP contribution in [0.5, 0.6) is 0 Å². The molecule has 19 heavy (non-hydrogen) atoms. The number of rotatable bonds is 4. The third-order valence-corrected chi connectivity index (χ3v) is 2.92. The lowest BCUT2D eigenvalue weighted by Gasteiger charge is -2.02. The molecule has 0 radical (unpaired) electrons. The molecule has 0 fully saturated rings. The van der Waals surface area contributed by atoms with Crippen LogP contribution in [-0.4, -0.2) is 15.7 Å². The average Bonchev–Trinajstić information content (AvgIpc) is 2.42. The van der Waals surface area contributed by atoms with Crippen molar-refractivity contribution in [1.82, 2.24) is 9.78 Å². The molecule has 5 heteroatoms. The van der Waals surface area contributed by atoms with Crippen molar-refractivity contribution in [3.8, 4) is 0 Å². The van der Waals surface area contributed by atoms with Crippen LogP contribution in [0.1, 0.15) is 11.3 Å². The molecule has 0 aliphatic rings. The van der Waals surface area contributed by atoms with Crippen LogP contribution in [0.2, 0.25) is 5.02 Å². The molecule has 98 valence electrons. The molecule has 1 aromatic heterocycles. The molecule has 0 saturated heterocycles. The number of alkyl halides is 1. The Labute approximate surface area is 121 Å². The van der Waals surface area contributed by atoms with Crippen molar-refractivity contribution in [2.75, 3.05) is 5.88 Å². The minimum Gasteiger partial charge on any atom is -0.268 e. The van der Waals surface area contributed by atoms with Gasteiger partial charge >= 0.3 is 0 Å². The molecule has 0 aliphatic carbocycles. The zero-order valence-corrected chi connectivity index (χ0v) is 11.6. The summed E-state index contributed by atoms with van der Waals surface area (Å²) in [6.45, 7) is 0.406. The van der Waals surface area contributed by atoms with Gasteiger partial charge in [0, 0.05) is 17.0 Å². The molecule has 0 atom stereocenters. The van der Waals surface area contributed by atoms with Crippen LogP contribution in [0.15, 0.2) is 41.2 Å². The molecule has 0 amide bonds. The fourth-order valence-corrected chi connectivity index (χ4v) is 1.84. The summed E-state index contributed by atoms with van der Waals surface area (Å²) in [5.74, 6) is 0.358. The summed E-state index contributed by atoms with van der Waals surface area (Å²) in [6.07, 6.45) is 3.75. The van der Waals surface area contributed by atoms with Gasteiger partial charge in [-0.1, -0.05) is 29.8 Å². The van der Waals surface area contributed by atoms with Crippen LogP contribution in [-0.2, 0) is 6.54 Å². The van der Waals surface area contributed by atoms with E-state index in [-0.39, 0.29) is 5.56 Å². The quantitative estimate of drug-likeness (QED) is 0.811. The van der Waals surface area contributed by atoms with Gasteiger partial charge in [0.15, 0.2) is 0 Å². The number of benzene rings is 1. The lowest BCUT2D eigenvalue weighted by Crippen LogP contribution is -2.23. The Balaban J connectivity index is 2.21. The van der Waals surface area contributed by atoms with Gasteiger partial charge < -0.3 is 0 Å². The Morgan fingerprint density at radius 3 is 2.53 bits per heavy atom. The molecule has 2 rings (SSSR count). The van der Waals surface area contributed by atoms with Crippen LogP contribution >= 0.6 is 23.2 Å². The zero-order valence-electron chi connectivity index (χ0n) is 10.1. The van der Waals surface area contributed by atoms with Crippen molar-refractivity contribution in [3.05, 3.63) is 63.0 Å². The van der Waals surface area contributed by atoms with E-state index in [2.05, 4.69) is 5.10 Å². The smallest absolute Gasteiger partial charge is 0.266 e. The summed E-state index contributed by atoms with van der Waals surface area (Å²) >= 11 is 11.4. The monoisotopic (exact) mass is 294 g/mol. The lowest BCUT2D eigenvalue weighted by molar-refractivity contribution is 0.616. The number of aryl methyl sites for hydroxylation is 1. The topological polar surface area (TPSA) is 34.9 Å². The van der Waals surface area contributed by atoms with Crippen LogP contribution in [0.25, 0.3) is 12.2 Å². The molecular weight excluding hydrogens is 283 g/mol. The van der Waals surface area contributed by atoms with Crippen molar-refractivity contribution in [3.63, 3.8) is 0 Å². The number of hydrogen-bond acceptors (Lipinski definition) is 2. The van der Waals surface area contributed by atoms with Crippen molar-refractivity contribution in [2.24, 2.45) is 0 Å². The van der Waals surface area contributed by atoms with E-state index in [1.165, 1.54) is 10.7 Å². The van der Waals surface area contributed by atoms with Crippen molar-refractivity contribution in [1.29, 1.82) is 0 Å². The standard InChI is InChI=1S/C14H12Cl2N2O/c15-9-10-18-14(19)8-7-13(17-18)6-3-11-1-4-12(16)5-2-11/h1-8H,9-10H2. The summed E-state index contributed by atoms with van der Waals surface area (Å²) in [5.41, 5.74) is 1.57. The van der Waals surface area contributed by atoms with Gasteiger partial charge in [0.05, 0.1) is 12.2 Å². The molecule has 0 aliphatic heterocycles. The fourth-order valence-electron chi connectivity index (χ4n) is 1.55. The summed E-state index contributed by atoms with van der Waals surface area (Å²) < 4.78 is 1.36. The third-order valence-electron chi connectivity index (χ3n) is 2.50. The molecule has 3 nitrogen and oxygen atoms in total. The second-order valence-electron chi connectivity index (χ2n) is 3.89. The maximum Gasteiger partial charge on any atom is 0.266 e. The molecule has 0 saturated carbocycles. The molecule has 2 aromatic rings. The number of hydrogen-bond donors (Lipinski definition) is 0. The second kappa shape index (κ2) is 6.55. The Morgan fingerprint density at radius 1 is 1.11 bits per heavy atom. The summed E-state index contributed by atoms with van der Waals surface area (Å²) in [5, 5.41) is 4.90. The molecule has 0 bridgehead atoms. The van der Waals surface area contributed by atoms with E-state index in [0.29, 0.717) is 23.1 Å².